The van der Waals surface area contributed by atoms with E-state index in [-0.39, 0.29) is 5.56 Å². The molecule has 1 aliphatic heterocycles. The van der Waals surface area contributed by atoms with Gasteiger partial charge in [0.2, 0.25) is 0 Å². The Balaban J connectivity index is 2.05. The summed E-state index contributed by atoms with van der Waals surface area (Å²) in [6.45, 7) is 10.4. The van der Waals surface area contributed by atoms with E-state index in [4.69, 9.17) is 5.11 Å². The number of hydrogen-bond acceptors (Lipinski definition) is 4. The van der Waals surface area contributed by atoms with Crippen LogP contribution in [0.15, 0.2) is 12.3 Å². The number of aromatic nitrogens is 1. The van der Waals surface area contributed by atoms with Crippen LogP contribution in [-0.4, -0.2) is 53.2 Å². The van der Waals surface area contributed by atoms with Crippen molar-refractivity contribution in [3.8, 4) is 0 Å². The Hall–Kier alpha value is -1.62. The van der Waals surface area contributed by atoms with Crippen LogP contribution in [0.1, 0.15) is 36.2 Å². The van der Waals surface area contributed by atoms with Gasteiger partial charge >= 0.3 is 5.97 Å². The first-order valence-electron chi connectivity index (χ1n) is 7.21. The largest absolute Gasteiger partial charge is 0.478 e. The van der Waals surface area contributed by atoms with Crippen LogP contribution >= 0.6 is 0 Å². The van der Waals surface area contributed by atoms with Crippen molar-refractivity contribution in [1.82, 2.24) is 9.88 Å². The lowest BCUT2D eigenvalue weighted by atomic mass is 10.1. The molecule has 1 N–H and O–H groups in total. The summed E-state index contributed by atoms with van der Waals surface area (Å²) in [6.07, 6.45) is 2.62. The maximum atomic E-state index is 10.9. The normalized spacial score (nSPS) is 18.1. The quantitative estimate of drug-likeness (QED) is 0.912. The average Bonchev–Trinajstić information content (AvgIpc) is 2.46. The number of aryl methyl sites for hydroxylation is 1. The maximum Gasteiger partial charge on any atom is 0.337 e. The predicted octanol–water partition coefficient (Wildman–Crippen LogP) is 2.01. The molecule has 1 aromatic rings. The number of carbonyl (C=O) groups is 1. The van der Waals surface area contributed by atoms with Crippen LogP contribution in [0.2, 0.25) is 0 Å². The van der Waals surface area contributed by atoms with Crippen LogP contribution in [0.25, 0.3) is 0 Å². The van der Waals surface area contributed by atoms with Crippen molar-refractivity contribution < 1.29 is 9.90 Å². The highest BCUT2D eigenvalue weighted by atomic mass is 16.4. The zero-order valence-electron chi connectivity index (χ0n) is 12.5. The SMILES string of the molecule is CCC(C)N1CCN(c2ncc(C(=O)O)cc2C)CC1. The first-order chi connectivity index (χ1) is 9.52. The molecule has 1 atom stereocenters. The van der Waals surface area contributed by atoms with Crippen LogP contribution in [0.5, 0.6) is 0 Å². The fourth-order valence-corrected chi connectivity index (χ4v) is 2.65. The van der Waals surface area contributed by atoms with Gasteiger partial charge < -0.3 is 10.0 Å². The highest BCUT2D eigenvalue weighted by molar-refractivity contribution is 5.87. The molecule has 0 bridgehead atoms. The van der Waals surface area contributed by atoms with Gasteiger partial charge in [-0.3, -0.25) is 4.90 Å². The highest BCUT2D eigenvalue weighted by Gasteiger charge is 2.22. The Kier molecular flexibility index (Phi) is 4.60. The Morgan fingerprint density at radius 2 is 2.05 bits per heavy atom. The minimum atomic E-state index is -0.922. The van der Waals surface area contributed by atoms with Crippen LogP contribution in [0.3, 0.4) is 0 Å². The molecular weight excluding hydrogens is 254 g/mol. The molecule has 0 aromatic carbocycles. The molecule has 110 valence electrons. The molecule has 2 heterocycles. The van der Waals surface area contributed by atoms with E-state index in [1.807, 2.05) is 6.92 Å². The second kappa shape index (κ2) is 6.22. The summed E-state index contributed by atoms with van der Waals surface area (Å²) in [5, 5.41) is 8.97. The lowest BCUT2D eigenvalue weighted by molar-refractivity contribution is 0.0696. The third kappa shape index (κ3) is 3.10. The number of aromatic carboxylic acids is 1. The van der Waals surface area contributed by atoms with Crippen molar-refractivity contribution in [2.24, 2.45) is 0 Å². The van der Waals surface area contributed by atoms with Crippen LogP contribution in [0.4, 0.5) is 5.82 Å². The van der Waals surface area contributed by atoms with Gasteiger partial charge in [-0.2, -0.15) is 0 Å². The number of anilines is 1. The molecule has 2 rings (SSSR count). The molecule has 1 aliphatic rings. The van der Waals surface area contributed by atoms with E-state index < -0.39 is 5.97 Å². The molecule has 0 spiro atoms. The van der Waals surface area contributed by atoms with Crippen molar-refractivity contribution in [2.75, 3.05) is 31.1 Å². The molecule has 1 fully saturated rings. The third-order valence-corrected chi connectivity index (χ3v) is 4.13. The van der Waals surface area contributed by atoms with E-state index in [0.717, 1.165) is 37.6 Å². The third-order valence-electron chi connectivity index (χ3n) is 4.13. The molecule has 1 unspecified atom stereocenters. The summed E-state index contributed by atoms with van der Waals surface area (Å²) in [6, 6.07) is 2.33. The summed E-state index contributed by atoms with van der Waals surface area (Å²) in [5.41, 5.74) is 1.19. The first kappa shape index (κ1) is 14.8. The lowest BCUT2D eigenvalue weighted by Gasteiger charge is -2.38. The monoisotopic (exact) mass is 277 g/mol. The summed E-state index contributed by atoms with van der Waals surface area (Å²) in [4.78, 5) is 20.0. The maximum absolute atomic E-state index is 10.9. The van der Waals surface area contributed by atoms with Gasteiger partial charge in [-0.25, -0.2) is 9.78 Å². The minimum absolute atomic E-state index is 0.254. The Labute approximate surface area is 120 Å². The Morgan fingerprint density at radius 3 is 2.55 bits per heavy atom. The summed E-state index contributed by atoms with van der Waals surface area (Å²) >= 11 is 0. The molecule has 5 heteroatoms. The Bertz CT molecular complexity index is 482. The standard InChI is InChI=1S/C15H23N3O2/c1-4-12(3)17-5-7-18(8-6-17)14-11(2)9-13(10-16-14)15(19)20/h9-10,12H,4-8H2,1-3H3,(H,19,20). The van der Waals surface area contributed by atoms with Crippen molar-refractivity contribution in [3.05, 3.63) is 23.4 Å². The van der Waals surface area contributed by atoms with Crippen molar-refractivity contribution in [3.63, 3.8) is 0 Å². The van der Waals surface area contributed by atoms with Gasteiger partial charge in [0.25, 0.3) is 0 Å². The zero-order chi connectivity index (χ0) is 14.7. The van der Waals surface area contributed by atoms with Crippen LogP contribution in [-0.2, 0) is 0 Å². The number of piperazine rings is 1. The number of rotatable bonds is 4. The number of hydrogen-bond donors (Lipinski definition) is 1. The summed E-state index contributed by atoms with van der Waals surface area (Å²) in [7, 11) is 0. The smallest absolute Gasteiger partial charge is 0.337 e. The molecule has 1 aromatic heterocycles. The molecule has 0 aliphatic carbocycles. The molecule has 20 heavy (non-hydrogen) atoms. The van der Waals surface area contributed by atoms with E-state index in [9.17, 15) is 4.79 Å². The fraction of sp³-hybridized carbons (Fsp3) is 0.600. The van der Waals surface area contributed by atoms with Gasteiger partial charge in [-0.05, 0) is 31.9 Å². The van der Waals surface area contributed by atoms with E-state index in [0.29, 0.717) is 6.04 Å². The highest BCUT2D eigenvalue weighted by Crippen LogP contribution is 2.20. The second-order valence-electron chi connectivity index (χ2n) is 5.45. The number of carboxylic acid groups (broad SMARTS) is 1. The first-order valence-corrected chi connectivity index (χ1v) is 7.21. The fourth-order valence-electron chi connectivity index (χ4n) is 2.65. The van der Waals surface area contributed by atoms with Crippen molar-refractivity contribution in [2.45, 2.75) is 33.2 Å². The molecular formula is C15H23N3O2. The van der Waals surface area contributed by atoms with Crippen molar-refractivity contribution in [1.29, 1.82) is 0 Å². The summed E-state index contributed by atoms with van der Waals surface area (Å²) in [5.74, 6) is -0.00691. The summed E-state index contributed by atoms with van der Waals surface area (Å²) < 4.78 is 0. The average molecular weight is 277 g/mol. The molecule has 0 amide bonds. The van der Waals surface area contributed by atoms with Gasteiger partial charge in [0, 0.05) is 38.4 Å². The topological polar surface area (TPSA) is 56.7 Å². The predicted molar refractivity (Wildman–Crippen MR) is 79.5 cm³/mol. The lowest BCUT2D eigenvalue weighted by Crippen LogP contribution is -2.49. The van der Waals surface area contributed by atoms with Gasteiger partial charge in [0.1, 0.15) is 5.82 Å². The van der Waals surface area contributed by atoms with Gasteiger partial charge in [-0.15, -0.1) is 0 Å². The van der Waals surface area contributed by atoms with E-state index in [1.165, 1.54) is 12.6 Å². The molecule has 0 saturated carbocycles. The van der Waals surface area contributed by atoms with E-state index in [2.05, 4.69) is 28.6 Å². The van der Waals surface area contributed by atoms with Crippen LogP contribution < -0.4 is 4.90 Å². The molecule has 5 nitrogen and oxygen atoms in total. The van der Waals surface area contributed by atoms with Gasteiger partial charge in [0.15, 0.2) is 0 Å². The van der Waals surface area contributed by atoms with Gasteiger partial charge in [-0.1, -0.05) is 6.92 Å². The van der Waals surface area contributed by atoms with E-state index in [1.54, 1.807) is 6.07 Å². The number of pyridine rings is 1. The molecule has 0 radical (unpaired) electrons. The molecule has 1 saturated heterocycles. The number of carboxylic acids is 1. The van der Waals surface area contributed by atoms with E-state index >= 15 is 0 Å². The van der Waals surface area contributed by atoms with Gasteiger partial charge in [0.05, 0.1) is 5.56 Å². The van der Waals surface area contributed by atoms with Crippen LogP contribution in [0, 0.1) is 6.92 Å². The Morgan fingerprint density at radius 1 is 1.40 bits per heavy atom. The van der Waals surface area contributed by atoms with Crippen molar-refractivity contribution >= 4 is 11.8 Å². The minimum Gasteiger partial charge on any atom is -0.478 e. The second-order valence-corrected chi connectivity index (χ2v) is 5.45. The number of nitrogens with zero attached hydrogens (tertiary/aromatic N) is 3. The zero-order valence-corrected chi connectivity index (χ0v) is 12.5.